The molecule has 6 heteroatoms. The Bertz CT molecular complexity index is 709. The standard InChI is InChI=1S/C18H21N3O3/c22-16-4-3-15(17(23)20-16)21-10-13-2-1-12(9-14(13)18(21)24)11-5-7-19-8-6-11/h1-2,9,11,15,19H,3-8,10H2,(H,20,22,23)/t15-/m0/s1. The highest BCUT2D eigenvalue weighted by atomic mass is 16.2. The number of benzene rings is 1. The van der Waals surface area contributed by atoms with E-state index in [1.807, 2.05) is 12.1 Å². The van der Waals surface area contributed by atoms with Gasteiger partial charge in [-0.1, -0.05) is 12.1 Å². The van der Waals surface area contributed by atoms with Crippen LogP contribution in [0.5, 0.6) is 0 Å². The summed E-state index contributed by atoms with van der Waals surface area (Å²) in [6.07, 6.45) is 2.87. The molecule has 24 heavy (non-hydrogen) atoms. The predicted octanol–water partition coefficient (Wildman–Crippen LogP) is 0.915. The first-order valence-corrected chi connectivity index (χ1v) is 8.61. The Balaban J connectivity index is 1.56. The number of amides is 3. The molecule has 2 N–H and O–H groups in total. The van der Waals surface area contributed by atoms with Gasteiger partial charge in [0.25, 0.3) is 5.91 Å². The molecule has 0 aromatic heterocycles. The van der Waals surface area contributed by atoms with E-state index >= 15 is 0 Å². The van der Waals surface area contributed by atoms with Gasteiger partial charge in [0.15, 0.2) is 0 Å². The Hall–Kier alpha value is -2.21. The maximum Gasteiger partial charge on any atom is 0.255 e. The third kappa shape index (κ3) is 2.60. The Morgan fingerprint density at radius 1 is 1.04 bits per heavy atom. The van der Waals surface area contributed by atoms with Crippen molar-refractivity contribution in [1.29, 1.82) is 0 Å². The van der Waals surface area contributed by atoms with Crippen LogP contribution in [0.1, 0.15) is 53.1 Å². The lowest BCUT2D eigenvalue weighted by molar-refractivity contribution is -0.136. The molecule has 2 saturated heterocycles. The van der Waals surface area contributed by atoms with Crippen LogP contribution in [0, 0.1) is 0 Å². The van der Waals surface area contributed by atoms with Gasteiger partial charge in [-0.05, 0) is 55.5 Å². The van der Waals surface area contributed by atoms with Gasteiger partial charge in [-0.15, -0.1) is 0 Å². The van der Waals surface area contributed by atoms with Crippen LogP contribution in [-0.2, 0) is 16.1 Å². The topological polar surface area (TPSA) is 78.5 Å². The van der Waals surface area contributed by atoms with Gasteiger partial charge in [-0.2, -0.15) is 0 Å². The highest BCUT2D eigenvalue weighted by molar-refractivity contribution is 6.05. The summed E-state index contributed by atoms with van der Waals surface area (Å²) < 4.78 is 0. The second kappa shape index (κ2) is 6.02. The van der Waals surface area contributed by atoms with E-state index < -0.39 is 6.04 Å². The number of carbonyl (C=O) groups excluding carboxylic acids is 3. The van der Waals surface area contributed by atoms with Gasteiger partial charge in [-0.25, -0.2) is 0 Å². The van der Waals surface area contributed by atoms with Crippen LogP contribution >= 0.6 is 0 Å². The van der Waals surface area contributed by atoms with Crippen molar-refractivity contribution in [2.24, 2.45) is 0 Å². The third-order valence-electron chi connectivity index (χ3n) is 5.36. The highest BCUT2D eigenvalue weighted by Gasteiger charge is 2.39. The second-order valence-corrected chi connectivity index (χ2v) is 6.84. The average Bonchev–Trinajstić information content (AvgIpc) is 2.92. The average molecular weight is 327 g/mol. The van der Waals surface area contributed by atoms with E-state index in [0.29, 0.717) is 18.9 Å². The smallest absolute Gasteiger partial charge is 0.255 e. The molecule has 0 bridgehead atoms. The summed E-state index contributed by atoms with van der Waals surface area (Å²) in [4.78, 5) is 37.8. The first-order chi connectivity index (χ1) is 11.6. The molecular weight excluding hydrogens is 306 g/mol. The van der Waals surface area contributed by atoms with E-state index in [1.165, 1.54) is 5.56 Å². The molecular formula is C18H21N3O3. The monoisotopic (exact) mass is 327 g/mol. The fourth-order valence-electron chi connectivity index (χ4n) is 3.98. The van der Waals surface area contributed by atoms with E-state index in [1.54, 1.807) is 4.90 Å². The molecule has 6 nitrogen and oxygen atoms in total. The number of hydrogen-bond donors (Lipinski definition) is 2. The molecule has 126 valence electrons. The summed E-state index contributed by atoms with van der Waals surface area (Å²) in [6, 6.07) is 5.62. The number of imide groups is 1. The second-order valence-electron chi connectivity index (χ2n) is 6.84. The van der Waals surface area contributed by atoms with Crippen molar-refractivity contribution in [2.45, 2.75) is 44.2 Å². The summed E-state index contributed by atoms with van der Waals surface area (Å²) in [7, 11) is 0. The zero-order chi connectivity index (χ0) is 16.7. The summed E-state index contributed by atoms with van der Waals surface area (Å²) in [5, 5.41) is 5.69. The molecule has 3 aliphatic rings. The van der Waals surface area contributed by atoms with E-state index in [9.17, 15) is 14.4 Å². The van der Waals surface area contributed by atoms with E-state index in [2.05, 4.69) is 16.7 Å². The summed E-state index contributed by atoms with van der Waals surface area (Å²) >= 11 is 0. The van der Waals surface area contributed by atoms with E-state index in [-0.39, 0.29) is 24.1 Å². The van der Waals surface area contributed by atoms with Crippen LogP contribution in [0.3, 0.4) is 0 Å². The number of fused-ring (bicyclic) bond motifs is 1. The van der Waals surface area contributed by atoms with Gasteiger partial charge in [0.2, 0.25) is 11.8 Å². The van der Waals surface area contributed by atoms with Crippen LogP contribution in [0.2, 0.25) is 0 Å². The Kier molecular flexibility index (Phi) is 3.84. The molecule has 0 spiro atoms. The van der Waals surface area contributed by atoms with Gasteiger partial charge in [-0.3, -0.25) is 19.7 Å². The summed E-state index contributed by atoms with van der Waals surface area (Å²) in [5.74, 6) is -0.205. The molecule has 1 aromatic carbocycles. The lowest BCUT2D eigenvalue weighted by Crippen LogP contribution is -2.52. The molecule has 2 fully saturated rings. The van der Waals surface area contributed by atoms with Crippen LogP contribution in [0.15, 0.2) is 18.2 Å². The van der Waals surface area contributed by atoms with Crippen molar-refractivity contribution < 1.29 is 14.4 Å². The fourth-order valence-corrected chi connectivity index (χ4v) is 3.98. The van der Waals surface area contributed by atoms with Gasteiger partial charge < -0.3 is 10.2 Å². The van der Waals surface area contributed by atoms with Crippen LogP contribution in [0.25, 0.3) is 0 Å². The molecule has 1 atom stereocenters. The number of hydrogen-bond acceptors (Lipinski definition) is 4. The van der Waals surface area contributed by atoms with Crippen molar-refractivity contribution in [3.05, 3.63) is 34.9 Å². The minimum atomic E-state index is -0.537. The molecule has 0 aliphatic carbocycles. The first-order valence-electron chi connectivity index (χ1n) is 8.61. The predicted molar refractivity (Wildman–Crippen MR) is 87.3 cm³/mol. The zero-order valence-corrected chi connectivity index (χ0v) is 13.5. The van der Waals surface area contributed by atoms with Crippen LogP contribution < -0.4 is 10.6 Å². The Morgan fingerprint density at radius 3 is 2.58 bits per heavy atom. The molecule has 3 amide bonds. The summed E-state index contributed by atoms with van der Waals surface area (Å²) in [6.45, 7) is 2.48. The van der Waals surface area contributed by atoms with Crippen molar-refractivity contribution >= 4 is 17.7 Å². The van der Waals surface area contributed by atoms with E-state index in [4.69, 9.17) is 0 Å². The zero-order valence-electron chi connectivity index (χ0n) is 13.5. The SMILES string of the molecule is O=C1CC[C@H](N2Cc3ccc(C4CCNCC4)cc3C2=O)C(=O)N1. The largest absolute Gasteiger partial charge is 0.322 e. The van der Waals surface area contributed by atoms with Crippen molar-refractivity contribution in [3.8, 4) is 0 Å². The number of nitrogens with zero attached hydrogens (tertiary/aromatic N) is 1. The molecule has 3 aliphatic heterocycles. The fraction of sp³-hybridized carbons (Fsp3) is 0.500. The maximum atomic E-state index is 12.8. The van der Waals surface area contributed by atoms with Crippen LogP contribution in [-0.4, -0.2) is 41.8 Å². The minimum absolute atomic E-state index is 0.0877. The van der Waals surface area contributed by atoms with Gasteiger partial charge in [0, 0.05) is 18.5 Å². The van der Waals surface area contributed by atoms with Crippen molar-refractivity contribution in [2.75, 3.05) is 13.1 Å². The Morgan fingerprint density at radius 2 is 1.83 bits per heavy atom. The lowest BCUT2D eigenvalue weighted by Gasteiger charge is -2.29. The molecule has 4 rings (SSSR count). The third-order valence-corrected chi connectivity index (χ3v) is 5.36. The molecule has 0 unspecified atom stereocenters. The lowest BCUT2D eigenvalue weighted by atomic mass is 9.88. The van der Waals surface area contributed by atoms with Gasteiger partial charge in [0.1, 0.15) is 6.04 Å². The van der Waals surface area contributed by atoms with E-state index in [0.717, 1.165) is 37.1 Å². The normalized spacial score (nSPS) is 24.9. The molecule has 3 heterocycles. The number of rotatable bonds is 2. The quantitative estimate of drug-likeness (QED) is 0.792. The molecule has 0 radical (unpaired) electrons. The number of piperidine rings is 2. The maximum absolute atomic E-state index is 12.8. The Labute approximate surface area is 140 Å². The summed E-state index contributed by atoms with van der Waals surface area (Å²) in [5.41, 5.74) is 2.91. The minimum Gasteiger partial charge on any atom is -0.322 e. The van der Waals surface area contributed by atoms with Crippen LogP contribution in [0.4, 0.5) is 0 Å². The highest BCUT2D eigenvalue weighted by Crippen LogP contribution is 2.32. The first kappa shape index (κ1) is 15.3. The number of carbonyl (C=O) groups is 3. The molecule has 0 saturated carbocycles. The van der Waals surface area contributed by atoms with Crippen molar-refractivity contribution in [1.82, 2.24) is 15.5 Å². The molecule has 1 aromatic rings. The van der Waals surface area contributed by atoms with Gasteiger partial charge in [0.05, 0.1) is 0 Å². The van der Waals surface area contributed by atoms with Crippen molar-refractivity contribution in [3.63, 3.8) is 0 Å². The number of nitrogens with one attached hydrogen (secondary N) is 2. The van der Waals surface area contributed by atoms with Gasteiger partial charge >= 0.3 is 0 Å².